The van der Waals surface area contributed by atoms with Gasteiger partial charge in [-0.2, -0.15) is 0 Å². The van der Waals surface area contributed by atoms with Crippen LogP contribution in [0.4, 0.5) is 0 Å². The second-order valence-electron chi connectivity index (χ2n) is 5.11. The van der Waals surface area contributed by atoms with E-state index in [2.05, 4.69) is 30.4 Å². The topological polar surface area (TPSA) is 54.4 Å². The van der Waals surface area contributed by atoms with Gasteiger partial charge in [0.25, 0.3) is 0 Å². The number of benzene rings is 1. The van der Waals surface area contributed by atoms with Gasteiger partial charge in [0.05, 0.1) is 0 Å². The molecule has 1 unspecified atom stereocenters. The third-order valence-electron chi connectivity index (χ3n) is 3.35. The van der Waals surface area contributed by atoms with Crippen LogP contribution in [0.15, 0.2) is 28.7 Å². The van der Waals surface area contributed by atoms with Crippen LogP contribution in [0, 0.1) is 6.92 Å². The molecule has 1 atom stereocenters. The standard InChI is InChI=1S/C15H23N3O/c1-11-15(12-6-4-5-7-14(12)19-11)13(10-16)17-8-9-18(2)3/h4-7,13,17H,8-10,16H2,1-3H3. The summed E-state index contributed by atoms with van der Waals surface area (Å²) in [5.41, 5.74) is 8.05. The molecule has 0 bridgehead atoms. The summed E-state index contributed by atoms with van der Waals surface area (Å²) in [7, 11) is 4.13. The summed E-state index contributed by atoms with van der Waals surface area (Å²) in [6.45, 7) is 4.47. The second-order valence-corrected chi connectivity index (χ2v) is 5.11. The van der Waals surface area contributed by atoms with E-state index >= 15 is 0 Å². The van der Waals surface area contributed by atoms with Gasteiger partial charge in [0.1, 0.15) is 11.3 Å². The first-order chi connectivity index (χ1) is 9.13. The Labute approximate surface area is 114 Å². The normalized spacial score (nSPS) is 13.3. The lowest BCUT2D eigenvalue weighted by Gasteiger charge is -2.18. The number of rotatable bonds is 6. The fourth-order valence-electron chi connectivity index (χ4n) is 2.39. The van der Waals surface area contributed by atoms with Gasteiger partial charge >= 0.3 is 0 Å². The van der Waals surface area contributed by atoms with Gasteiger partial charge in [-0.15, -0.1) is 0 Å². The molecule has 0 radical (unpaired) electrons. The Morgan fingerprint density at radius 3 is 2.74 bits per heavy atom. The van der Waals surface area contributed by atoms with Crippen LogP contribution in [-0.4, -0.2) is 38.6 Å². The van der Waals surface area contributed by atoms with Gasteiger partial charge < -0.3 is 20.4 Å². The number of nitrogens with one attached hydrogen (secondary N) is 1. The number of furan rings is 1. The first-order valence-corrected chi connectivity index (χ1v) is 6.69. The molecule has 0 saturated heterocycles. The molecule has 0 amide bonds. The Morgan fingerprint density at radius 1 is 1.32 bits per heavy atom. The van der Waals surface area contributed by atoms with Gasteiger partial charge in [-0.3, -0.25) is 0 Å². The fraction of sp³-hybridized carbons (Fsp3) is 0.467. The van der Waals surface area contributed by atoms with Crippen molar-refractivity contribution >= 4 is 11.0 Å². The lowest BCUT2D eigenvalue weighted by atomic mass is 10.0. The zero-order chi connectivity index (χ0) is 13.8. The van der Waals surface area contributed by atoms with Crippen molar-refractivity contribution in [2.24, 2.45) is 5.73 Å². The molecule has 2 rings (SSSR count). The highest BCUT2D eigenvalue weighted by atomic mass is 16.3. The van der Waals surface area contributed by atoms with E-state index in [0.29, 0.717) is 6.54 Å². The molecule has 3 N–H and O–H groups in total. The SMILES string of the molecule is Cc1oc2ccccc2c1C(CN)NCCN(C)C. The molecule has 0 saturated carbocycles. The highest BCUT2D eigenvalue weighted by Gasteiger charge is 2.18. The molecule has 4 nitrogen and oxygen atoms in total. The molecule has 1 aromatic carbocycles. The van der Waals surface area contributed by atoms with Crippen LogP contribution in [0.3, 0.4) is 0 Å². The molecule has 0 aliphatic rings. The summed E-state index contributed by atoms with van der Waals surface area (Å²) in [4.78, 5) is 2.15. The molecule has 2 aromatic rings. The van der Waals surface area contributed by atoms with Crippen LogP contribution in [0.5, 0.6) is 0 Å². The molecule has 1 heterocycles. The van der Waals surface area contributed by atoms with Crippen molar-refractivity contribution in [1.82, 2.24) is 10.2 Å². The van der Waals surface area contributed by atoms with E-state index in [1.54, 1.807) is 0 Å². The minimum absolute atomic E-state index is 0.142. The summed E-state index contributed by atoms with van der Waals surface area (Å²) < 4.78 is 5.80. The number of fused-ring (bicyclic) bond motifs is 1. The maximum absolute atomic E-state index is 5.92. The third kappa shape index (κ3) is 3.15. The predicted molar refractivity (Wildman–Crippen MR) is 79.3 cm³/mol. The highest BCUT2D eigenvalue weighted by Crippen LogP contribution is 2.29. The van der Waals surface area contributed by atoms with E-state index in [4.69, 9.17) is 10.2 Å². The van der Waals surface area contributed by atoms with Crippen molar-refractivity contribution in [3.8, 4) is 0 Å². The zero-order valence-corrected chi connectivity index (χ0v) is 11.9. The Kier molecular flexibility index (Phi) is 4.58. The first-order valence-electron chi connectivity index (χ1n) is 6.69. The maximum atomic E-state index is 5.92. The van der Waals surface area contributed by atoms with Gasteiger partial charge in [-0.05, 0) is 27.1 Å². The molecule has 1 aromatic heterocycles. The Bertz CT molecular complexity index is 533. The largest absolute Gasteiger partial charge is 0.461 e. The molecule has 19 heavy (non-hydrogen) atoms. The van der Waals surface area contributed by atoms with Gasteiger partial charge in [0.15, 0.2) is 0 Å². The van der Waals surface area contributed by atoms with E-state index in [1.807, 2.05) is 25.1 Å². The van der Waals surface area contributed by atoms with Gasteiger partial charge in [-0.25, -0.2) is 0 Å². The molecular formula is C15H23N3O. The van der Waals surface area contributed by atoms with Crippen molar-refractivity contribution in [2.75, 3.05) is 33.7 Å². The second kappa shape index (κ2) is 6.19. The zero-order valence-electron chi connectivity index (χ0n) is 11.9. The summed E-state index contributed by atoms with van der Waals surface area (Å²) in [5, 5.41) is 4.67. The quantitative estimate of drug-likeness (QED) is 0.834. The molecule has 0 aliphatic carbocycles. The minimum atomic E-state index is 0.142. The van der Waals surface area contributed by atoms with Crippen LogP contribution >= 0.6 is 0 Å². The maximum Gasteiger partial charge on any atom is 0.134 e. The molecule has 0 aliphatic heterocycles. The highest BCUT2D eigenvalue weighted by molar-refractivity contribution is 5.82. The van der Waals surface area contributed by atoms with Crippen LogP contribution < -0.4 is 11.1 Å². The Hall–Kier alpha value is -1.36. The van der Waals surface area contributed by atoms with Gasteiger partial charge in [-0.1, -0.05) is 18.2 Å². The van der Waals surface area contributed by atoms with E-state index < -0.39 is 0 Å². The van der Waals surface area contributed by atoms with Crippen molar-refractivity contribution in [2.45, 2.75) is 13.0 Å². The Morgan fingerprint density at radius 2 is 2.05 bits per heavy atom. The van der Waals surface area contributed by atoms with Crippen molar-refractivity contribution < 1.29 is 4.42 Å². The number of aryl methyl sites for hydroxylation is 1. The van der Waals surface area contributed by atoms with Crippen molar-refractivity contribution in [1.29, 1.82) is 0 Å². The number of likely N-dealkylation sites (N-methyl/N-ethyl adjacent to an activating group) is 1. The fourth-order valence-corrected chi connectivity index (χ4v) is 2.39. The molecule has 4 heteroatoms. The first kappa shape index (κ1) is 14.1. The van der Waals surface area contributed by atoms with Crippen LogP contribution in [-0.2, 0) is 0 Å². The number of hydrogen-bond acceptors (Lipinski definition) is 4. The van der Waals surface area contributed by atoms with E-state index in [1.165, 1.54) is 5.56 Å². The third-order valence-corrected chi connectivity index (χ3v) is 3.35. The van der Waals surface area contributed by atoms with Crippen molar-refractivity contribution in [3.05, 3.63) is 35.6 Å². The molecule has 104 valence electrons. The molecule has 0 fully saturated rings. The summed E-state index contributed by atoms with van der Waals surface area (Å²) in [5.74, 6) is 0.953. The number of nitrogens with two attached hydrogens (primary N) is 1. The average Bonchev–Trinajstić information content (AvgIpc) is 2.71. The van der Waals surface area contributed by atoms with E-state index in [9.17, 15) is 0 Å². The van der Waals surface area contributed by atoms with Crippen LogP contribution in [0.25, 0.3) is 11.0 Å². The Balaban J connectivity index is 2.22. The van der Waals surface area contributed by atoms with E-state index in [-0.39, 0.29) is 6.04 Å². The molecular weight excluding hydrogens is 238 g/mol. The number of hydrogen-bond donors (Lipinski definition) is 2. The summed E-state index contributed by atoms with van der Waals surface area (Å²) in [6.07, 6.45) is 0. The number of para-hydroxylation sites is 1. The summed E-state index contributed by atoms with van der Waals surface area (Å²) in [6, 6.07) is 8.26. The lowest BCUT2D eigenvalue weighted by molar-refractivity contribution is 0.385. The predicted octanol–water partition coefficient (Wildman–Crippen LogP) is 1.89. The lowest BCUT2D eigenvalue weighted by Crippen LogP contribution is -2.33. The van der Waals surface area contributed by atoms with Crippen LogP contribution in [0.1, 0.15) is 17.4 Å². The van der Waals surface area contributed by atoms with Gasteiger partial charge in [0.2, 0.25) is 0 Å². The summed E-state index contributed by atoms with van der Waals surface area (Å²) >= 11 is 0. The monoisotopic (exact) mass is 261 g/mol. The van der Waals surface area contributed by atoms with Gasteiger partial charge in [0, 0.05) is 36.6 Å². The smallest absolute Gasteiger partial charge is 0.134 e. The number of nitrogens with zero attached hydrogens (tertiary/aromatic N) is 1. The van der Waals surface area contributed by atoms with Crippen LogP contribution in [0.2, 0.25) is 0 Å². The van der Waals surface area contributed by atoms with Crippen molar-refractivity contribution in [3.63, 3.8) is 0 Å². The minimum Gasteiger partial charge on any atom is -0.461 e. The molecule has 0 spiro atoms. The average molecular weight is 261 g/mol. The van der Waals surface area contributed by atoms with E-state index in [0.717, 1.165) is 29.8 Å².